The third-order valence-electron chi connectivity index (χ3n) is 4.16. The molecule has 2 aliphatic rings. The highest BCUT2D eigenvalue weighted by atomic mass is 16.1. The van der Waals surface area contributed by atoms with Gasteiger partial charge in [0, 0.05) is 39.1 Å². The number of nitrogens with one attached hydrogen (secondary N) is 1. The number of nitrogens with two attached hydrogens (primary N) is 1. The van der Waals surface area contributed by atoms with Crippen LogP contribution in [0.5, 0.6) is 0 Å². The average Bonchev–Trinajstić information content (AvgIpc) is 2.47. The summed E-state index contributed by atoms with van der Waals surface area (Å²) in [6, 6.07) is 6.44. The Morgan fingerprint density at radius 2 is 2.20 bits per heavy atom. The number of hydrogen-bond donors (Lipinski definition) is 2. The van der Waals surface area contributed by atoms with E-state index < -0.39 is 0 Å². The average molecular weight is 271 g/mol. The lowest BCUT2D eigenvalue weighted by molar-refractivity contribution is -0.118. The Morgan fingerprint density at radius 3 is 2.95 bits per heavy atom. The van der Waals surface area contributed by atoms with Gasteiger partial charge in [0.1, 0.15) is 0 Å². The molecule has 1 heterocycles. The second kappa shape index (κ2) is 5.94. The molecular formula is C16H21N3O. The molecule has 1 aromatic carbocycles. The summed E-state index contributed by atoms with van der Waals surface area (Å²) in [6.07, 6.45) is 4.97. The van der Waals surface area contributed by atoms with Crippen molar-refractivity contribution in [1.82, 2.24) is 10.2 Å². The van der Waals surface area contributed by atoms with Crippen LogP contribution in [0.3, 0.4) is 0 Å². The number of carbonyl (C=O) groups is 1. The number of primary amides is 1. The van der Waals surface area contributed by atoms with Crippen LogP contribution in [0.1, 0.15) is 29.0 Å². The first kappa shape index (κ1) is 13.6. The predicted molar refractivity (Wildman–Crippen MR) is 78.1 cm³/mol. The topological polar surface area (TPSA) is 58.4 Å². The molecule has 106 valence electrons. The Hall–Kier alpha value is -1.39. The summed E-state index contributed by atoms with van der Waals surface area (Å²) < 4.78 is 0. The molecule has 4 nitrogen and oxygen atoms in total. The van der Waals surface area contributed by atoms with E-state index >= 15 is 0 Å². The highest BCUT2D eigenvalue weighted by Gasteiger charge is 2.25. The molecule has 4 heteroatoms. The predicted octanol–water partition coefficient (Wildman–Crippen LogP) is 0.688. The van der Waals surface area contributed by atoms with Gasteiger partial charge in [0.05, 0.1) is 5.92 Å². The zero-order valence-corrected chi connectivity index (χ0v) is 11.7. The van der Waals surface area contributed by atoms with Crippen molar-refractivity contribution in [3.8, 4) is 0 Å². The van der Waals surface area contributed by atoms with Gasteiger partial charge in [0.15, 0.2) is 0 Å². The van der Waals surface area contributed by atoms with Crippen molar-refractivity contribution in [3.63, 3.8) is 0 Å². The van der Waals surface area contributed by atoms with Crippen LogP contribution in [0.2, 0.25) is 0 Å². The van der Waals surface area contributed by atoms with E-state index in [0.717, 1.165) is 51.1 Å². The largest absolute Gasteiger partial charge is 0.369 e. The molecule has 1 atom stereocenters. The molecule has 0 saturated carbocycles. The Labute approximate surface area is 120 Å². The lowest BCUT2D eigenvalue weighted by Crippen LogP contribution is -2.42. The molecule has 0 bridgehead atoms. The van der Waals surface area contributed by atoms with Gasteiger partial charge in [-0.15, -0.1) is 0 Å². The molecule has 1 amide bonds. The SMILES string of the molecule is NC(=O)C1[C]CCc2cc(CN3CCNCC3)ccc21. The monoisotopic (exact) mass is 271 g/mol. The molecule has 3 N–H and O–H groups in total. The summed E-state index contributed by atoms with van der Waals surface area (Å²) in [4.78, 5) is 13.9. The zero-order chi connectivity index (χ0) is 13.9. The van der Waals surface area contributed by atoms with Gasteiger partial charge in [-0.1, -0.05) is 18.2 Å². The van der Waals surface area contributed by atoms with Crippen LogP contribution >= 0.6 is 0 Å². The lowest BCUT2D eigenvalue weighted by atomic mass is 9.81. The van der Waals surface area contributed by atoms with Crippen molar-refractivity contribution in [2.45, 2.75) is 25.3 Å². The lowest BCUT2D eigenvalue weighted by Gasteiger charge is -2.28. The number of aryl methyl sites for hydroxylation is 1. The van der Waals surface area contributed by atoms with Gasteiger partial charge in [0.25, 0.3) is 0 Å². The molecule has 1 fully saturated rings. The highest BCUT2D eigenvalue weighted by Crippen LogP contribution is 2.31. The summed E-state index contributed by atoms with van der Waals surface area (Å²) in [5.74, 6) is -0.618. The number of amides is 1. The summed E-state index contributed by atoms with van der Waals surface area (Å²) in [5, 5.41) is 3.37. The quantitative estimate of drug-likeness (QED) is 0.850. The maximum absolute atomic E-state index is 11.5. The van der Waals surface area contributed by atoms with Crippen molar-refractivity contribution < 1.29 is 4.79 Å². The van der Waals surface area contributed by atoms with Gasteiger partial charge in [-0.25, -0.2) is 0 Å². The first-order valence-electron chi connectivity index (χ1n) is 7.31. The van der Waals surface area contributed by atoms with E-state index in [4.69, 9.17) is 5.73 Å². The minimum atomic E-state index is -0.327. The zero-order valence-electron chi connectivity index (χ0n) is 11.7. The van der Waals surface area contributed by atoms with Crippen molar-refractivity contribution in [2.75, 3.05) is 26.2 Å². The summed E-state index contributed by atoms with van der Waals surface area (Å²) in [7, 11) is 0. The Kier molecular flexibility index (Phi) is 4.03. The number of benzene rings is 1. The number of nitrogens with zero attached hydrogens (tertiary/aromatic N) is 1. The molecule has 20 heavy (non-hydrogen) atoms. The molecule has 1 aliphatic heterocycles. The molecule has 1 saturated heterocycles. The van der Waals surface area contributed by atoms with Crippen LogP contribution in [-0.2, 0) is 17.8 Å². The van der Waals surface area contributed by atoms with E-state index in [9.17, 15) is 4.79 Å². The van der Waals surface area contributed by atoms with Gasteiger partial charge in [-0.05, 0) is 29.5 Å². The fourth-order valence-corrected chi connectivity index (χ4v) is 3.10. The molecule has 3 rings (SSSR count). The van der Waals surface area contributed by atoms with Crippen LogP contribution in [0.4, 0.5) is 0 Å². The maximum atomic E-state index is 11.5. The van der Waals surface area contributed by atoms with Crippen LogP contribution < -0.4 is 11.1 Å². The number of rotatable bonds is 3. The normalized spacial score (nSPS) is 23.3. The van der Waals surface area contributed by atoms with Gasteiger partial charge >= 0.3 is 0 Å². The molecule has 2 radical (unpaired) electrons. The van der Waals surface area contributed by atoms with Gasteiger partial charge in [-0.2, -0.15) is 0 Å². The molecule has 0 spiro atoms. The second-order valence-corrected chi connectivity index (χ2v) is 5.60. The van der Waals surface area contributed by atoms with Gasteiger partial charge in [0.2, 0.25) is 5.91 Å². The fourth-order valence-electron chi connectivity index (χ4n) is 3.10. The first-order valence-corrected chi connectivity index (χ1v) is 7.31. The Morgan fingerprint density at radius 1 is 1.40 bits per heavy atom. The number of hydrogen-bond acceptors (Lipinski definition) is 3. The van der Waals surface area contributed by atoms with Gasteiger partial charge in [-0.3, -0.25) is 9.69 Å². The van der Waals surface area contributed by atoms with Gasteiger partial charge < -0.3 is 11.1 Å². The number of fused-ring (bicyclic) bond motifs is 1. The third-order valence-corrected chi connectivity index (χ3v) is 4.16. The fraction of sp³-hybridized carbons (Fsp3) is 0.500. The van der Waals surface area contributed by atoms with Crippen LogP contribution in [0.15, 0.2) is 18.2 Å². The number of carbonyl (C=O) groups excluding carboxylic acids is 1. The first-order chi connectivity index (χ1) is 9.74. The Bertz CT molecular complexity index is 494. The summed E-state index contributed by atoms with van der Waals surface area (Å²) in [5.41, 5.74) is 9.10. The minimum Gasteiger partial charge on any atom is -0.369 e. The van der Waals surface area contributed by atoms with Crippen LogP contribution in [-0.4, -0.2) is 37.0 Å². The van der Waals surface area contributed by atoms with Crippen molar-refractivity contribution >= 4 is 5.91 Å². The third kappa shape index (κ3) is 2.86. The smallest absolute Gasteiger partial charge is 0.225 e. The van der Waals surface area contributed by atoms with E-state index in [-0.39, 0.29) is 11.8 Å². The molecule has 1 aromatic rings. The van der Waals surface area contributed by atoms with E-state index in [1.54, 1.807) is 0 Å². The Balaban J connectivity index is 1.76. The summed E-state index contributed by atoms with van der Waals surface area (Å²) >= 11 is 0. The highest BCUT2D eigenvalue weighted by molar-refractivity contribution is 5.84. The minimum absolute atomic E-state index is 0.291. The molecule has 1 unspecified atom stereocenters. The summed E-state index contributed by atoms with van der Waals surface area (Å²) in [6.45, 7) is 5.33. The molecular weight excluding hydrogens is 250 g/mol. The molecule has 0 aromatic heterocycles. The van der Waals surface area contributed by atoms with E-state index in [2.05, 4.69) is 34.8 Å². The van der Waals surface area contributed by atoms with E-state index in [1.807, 2.05) is 0 Å². The standard InChI is InChI=1S/C16H21N3O/c17-16(20)15-3-1-2-13-10-12(4-5-14(13)15)11-19-8-6-18-7-9-19/h4-5,10,15,18H,1-2,6-9,11H2,(H2,17,20). The number of piperazine rings is 1. The van der Waals surface area contributed by atoms with E-state index in [1.165, 1.54) is 11.1 Å². The van der Waals surface area contributed by atoms with Crippen LogP contribution in [0.25, 0.3) is 0 Å². The van der Waals surface area contributed by atoms with Crippen molar-refractivity contribution in [2.24, 2.45) is 5.73 Å². The maximum Gasteiger partial charge on any atom is 0.225 e. The molecule has 1 aliphatic carbocycles. The van der Waals surface area contributed by atoms with Crippen LogP contribution in [0, 0.1) is 6.42 Å². The second-order valence-electron chi connectivity index (χ2n) is 5.60. The van der Waals surface area contributed by atoms with Crippen molar-refractivity contribution in [3.05, 3.63) is 41.3 Å². The van der Waals surface area contributed by atoms with Crippen molar-refractivity contribution in [1.29, 1.82) is 0 Å². The van der Waals surface area contributed by atoms with E-state index in [0.29, 0.717) is 0 Å².